The van der Waals surface area contributed by atoms with E-state index < -0.39 is 0 Å². The molecule has 1 atom stereocenters. The van der Waals surface area contributed by atoms with Gasteiger partial charge in [-0.25, -0.2) is 0 Å². The lowest BCUT2D eigenvalue weighted by atomic mass is 9.97. The van der Waals surface area contributed by atoms with Gasteiger partial charge in [0.15, 0.2) is 0 Å². The Morgan fingerprint density at radius 1 is 1.21 bits per heavy atom. The third kappa shape index (κ3) is 3.94. The standard InChI is InChI=1S/C24H22ClN3O/c1-3-16-12-15(2)22(27-14-16)24(29)28-18-8-9-21(25)20(13-18)23-19-7-5-4-6-17(19)10-11-26-23/h4-13,16H,3,14H2,1-2H3,(H,28,29). The summed E-state index contributed by atoms with van der Waals surface area (Å²) in [6.45, 7) is 4.72. The molecule has 0 saturated carbocycles. The molecule has 0 saturated heterocycles. The number of aromatic nitrogens is 1. The highest BCUT2D eigenvalue weighted by atomic mass is 35.5. The Balaban J connectivity index is 1.65. The molecule has 0 aliphatic carbocycles. The summed E-state index contributed by atoms with van der Waals surface area (Å²) >= 11 is 6.49. The van der Waals surface area contributed by atoms with Gasteiger partial charge in [0.2, 0.25) is 0 Å². The number of halogens is 1. The average molecular weight is 404 g/mol. The van der Waals surface area contributed by atoms with Crippen LogP contribution >= 0.6 is 11.6 Å². The summed E-state index contributed by atoms with van der Waals surface area (Å²) in [5.74, 6) is 0.207. The number of dihydropyridines is 1. The first-order valence-electron chi connectivity index (χ1n) is 9.75. The number of carbonyl (C=O) groups is 1. The van der Waals surface area contributed by atoms with Crippen molar-refractivity contribution in [3.63, 3.8) is 0 Å². The van der Waals surface area contributed by atoms with Crippen molar-refractivity contribution in [2.45, 2.75) is 20.3 Å². The molecule has 4 rings (SSSR count). The predicted octanol–water partition coefficient (Wildman–Crippen LogP) is 5.92. The molecule has 2 heterocycles. The van der Waals surface area contributed by atoms with Crippen molar-refractivity contribution in [1.82, 2.24) is 4.98 Å². The summed E-state index contributed by atoms with van der Waals surface area (Å²) in [5, 5.41) is 5.65. The van der Waals surface area contributed by atoms with Crippen LogP contribution in [0.3, 0.4) is 0 Å². The monoisotopic (exact) mass is 403 g/mol. The molecule has 1 N–H and O–H groups in total. The number of fused-ring (bicyclic) bond motifs is 1. The first kappa shape index (κ1) is 19.3. The fourth-order valence-corrected chi connectivity index (χ4v) is 3.83. The molecule has 0 fully saturated rings. The molecular formula is C24H22ClN3O. The van der Waals surface area contributed by atoms with Gasteiger partial charge < -0.3 is 5.32 Å². The summed E-state index contributed by atoms with van der Waals surface area (Å²) in [5.41, 5.74) is 3.66. The van der Waals surface area contributed by atoms with Crippen molar-refractivity contribution in [3.05, 3.63) is 71.4 Å². The van der Waals surface area contributed by atoms with Crippen molar-refractivity contribution in [1.29, 1.82) is 0 Å². The Labute approximate surface area is 175 Å². The Bertz CT molecular complexity index is 1140. The maximum atomic E-state index is 12.8. The fraction of sp³-hybridized carbons (Fsp3) is 0.208. The number of pyridine rings is 1. The van der Waals surface area contributed by atoms with Gasteiger partial charge in [0.25, 0.3) is 5.91 Å². The number of amides is 1. The van der Waals surface area contributed by atoms with Crippen molar-refractivity contribution in [2.24, 2.45) is 10.9 Å². The molecule has 1 aromatic heterocycles. The van der Waals surface area contributed by atoms with Gasteiger partial charge in [0, 0.05) is 29.4 Å². The molecule has 29 heavy (non-hydrogen) atoms. The second-order valence-corrected chi connectivity index (χ2v) is 7.64. The molecule has 0 spiro atoms. The molecule has 3 aromatic rings. The molecule has 146 valence electrons. The minimum Gasteiger partial charge on any atom is -0.321 e. The number of hydrogen-bond donors (Lipinski definition) is 1. The Hall–Kier alpha value is -2.98. The Morgan fingerprint density at radius 3 is 2.83 bits per heavy atom. The van der Waals surface area contributed by atoms with E-state index in [9.17, 15) is 4.79 Å². The van der Waals surface area contributed by atoms with Gasteiger partial charge in [0.05, 0.1) is 10.7 Å². The van der Waals surface area contributed by atoms with E-state index in [0.717, 1.165) is 34.0 Å². The summed E-state index contributed by atoms with van der Waals surface area (Å²) in [7, 11) is 0. The van der Waals surface area contributed by atoms with Gasteiger partial charge in [-0.3, -0.25) is 14.8 Å². The van der Waals surface area contributed by atoms with Crippen LogP contribution in [0.15, 0.2) is 71.4 Å². The SMILES string of the molecule is CCC1C=C(C)C(C(=O)Nc2ccc(Cl)c(-c3nccc4ccccc34)c2)=NC1. The lowest BCUT2D eigenvalue weighted by Crippen LogP contribution is -2.27. The van der Waals surface area contributed by atoms with Crippen LogP contribution in [0, 0.1) is 5.92 Å². The van der Waals surface area contributed by atoms with Gasteiger partial charge >= 0.3 is 0 Å². The van der Waals surface area contributed by atoms with E-state index >= 15 is 0 Å². The lowest BCUT2D eigenvalue weighted by molar-refractivity contribution is -0.110. The zero-order valence-corrected chi connectivity index (χ0v) is 17.2. The molecule has 1 amide bonds. The van der Waals surface area contributed by atoms with Crippen LogP contribution in [-0.4, -0.2) is 23.1 Å². The van der Waals surface area contributed by atoms with Crippen LogP contribution in [0.2, 0.25) is 5.02 Å². The normalized spacial score (nSPS) is 16.3. The van der Waals surface area contributed by atoms with E-state index in [1.807, 2.05) is 43.3 Å². The molecule has 1 aliphatic heterocycles. The number of nitrogens with zero attached hydrogens (tertiary/aromatic N) is 2. The first-order chi connectivity index (χ1) is 14.1. The van der Waals surface area contributed by atoms with E-state index in [2.05, 4.69) is 28.3 Å². The number of hydrogen-bond acceptors (Lipinski definition) is 3. The second kappa shape index (κ2) is 8.18. The van der Waals surface area contributed by atoms with Crippen LogP contribution in [0.4, 0.5) is 5.69 Å². The second-order valence-electron chi connectivity index (χ2n) is 7.24. The third-order valence-corrected chi connectivity index (χ3v) is 5.57. The van der Waals surface area contributed by atoms with Gasteiger partial charge in [-0.1, -0.05) is 48.9 Å². The number of anilines is 1. The summed E-state index contributed by atoms with van der Waals surface area (Å²) < 4.78 is 0. The van der Waals surface area contributed by atoms with Crippen LogP contribution in [0.1, 0.15) is 20.3 Å². The van der Waals surface area contributed by atoms with Crippen LogP contribution < -0.4 is 5.32 Å². The van der Waals surface area contributed by atoms with Crippen LogP contribution in [0.5, 0.6) is 0 Å². The van der Waals surface area contributed by atoms with Crippen molar-refractivity contribution in [2.75, 3.05) is 11.9 Å². The van der Waals surface area contributed by atoms with E-state index in [0.29, 0.717) is 28.9 Å². The van der Waals surface area contributed by atoms with Gasteiger partial charge in [-0.15, -0.1) is 0 Å². The molecule has 2 aromatic carbocycles. The molecule has 1 unspecified atom stereocenters. The molecule has 0 radical (unpaired) electrons. The number of aliphatic imine (C=N–C) groups is 1. The average Bonchev–Trinajstić information content (AvgIpc) is 2.74. The number of benzene rings is 2. The van der Waals surface area contributed by atoms with Crippen LogP contribution in [0.25, 0.3) is 22.0 Å². The third-order valence-electron chi connectivity index (χ3n) is 5.24. The van der Waals surface area contributed by atoms with Crippen LogP contribution in [-0.2, 0) is 4.79 Å². The van der Waals surface area contributed by atoms with E-state index in [1.54, 1.807) is 18.3 Å². The summed E-state index contributed by atoms with van der Waals surface area (Å²) in [6.07, 6.45) is 4.93. The topological polar surface area (TPSA) is 54.4 Å². The maximum absolute atomic E-state index is 12.8. The highest BCUT2D eigenvalue weighted by Gasteiger charge is 2.20. The highest BCUT2D eigenvalue weighted by molar-refractivity contribution is 6.49. The summed E-state index contributed by atoms with van der Waals surface area (Å²) in [4.78, 5) is 21.8. The van der Waals surface area contributed by atoms with Gasteiger partial charge in [-0.2, -0.15) is 0 Å². The fourth-order valence-electron chi connectivity index (χ4n) is 3.63. The Morgan fingerprint density at radius 2 is 2.03 bits per heavy atom. The van der Waals surface area contributed by atoms with E-state index in [4.69, 9.17) is 11.6 Å². The molecule has 0 bridgehead atoms. The molecular weight excluding hydrogens is 382 g/mol. The minimum atomic E-state index is -0.201. The molecule has 4 nitrogen and oxygen atoms in total. The largest absolute Gasteiger partial charge is 0.321 e. The van der Waals surface area contributed by atoms with Gasteiger partial charge in [0.1, 0.15) is 5.71 Å². The zero-order chi connectivity index (χ0) is 20.4. The number of carbonyl (C=O) groups excluding carboxylic acids is 1. The van der Waals surface area contributed by atoms with E-state index in [1.165, 1.54) is 0 Å². The smallest absolute Gasteiger partial charge is 0.274 e. The summed E-state index contributed by atoms with van der Waals surface area (Å²) in [6, 6.07) is 15.5. The number of nitrogens with one attached hydrogen (secondary N) is 1. The molecule has 5 heteroatoms. The number of rotatable bonds is 4. The van der Waals surface area contributed by atoms with Crippen molar-refractivity contribution >= 4 is 39.7 Å². The predicted molar refractivity (Wildman–Crippen MR) is 121 cm³/mol. The minimum absolute atomic E-state index is 0.201. The van der Waals surface area contributed by atoms with Crippen molar-refractivity contribution < 1.29 is 4.79 Å². The highest BCUT2D eigenvalue weighted by Crippen LogP contribution is 2.33. The first-order valence-corrected chi connectivity index (χ1v) is 10.1. The molecule has 1 aliphatic rings. The van der Waals surface area contributed by atoms with Crippen molar-refractivity contribution in [3.8, 4) is 11.3 Å². The Kier molecular flexibility index (Phi) is 5.45. The van der Waals surface area contributed by atoms with Gasteiger partial charge in [-0.05, 0) is 54.5 Å². The van der Waals surface area contributed by atoms with E-state index in [-0.39, 0.29) is 5.91 Å². The zero-order valence-electron chi connectivity index (χ0n) is 16.4. The quantitative estimate of drug-likeness (QED) is 0.587. The lowest BCUT2D eigenvalue weighted by Gasteiger charge is -2.18. The maximum Gasteiger partial charge on any atom is 0.274 e.